The molecule has 3 rings (SSSR count). The van der Waals surface area contributed by atoms with E-state index in [4.69, 9.17) is 16.3 Å². The summed E-state index contributed by atoms with van der Waals surface area (Å²) in [6, 6.07) is 8.33. The Kier molecular flexibility index (Phi) is 3.90. The molecule has 0 saturated carbocycles. The Bertz CT molecular complexity index is 785. The van der Waals surface area contributed by atoms with Crippen LogP contribution in [0.3, 0.4) is 0 Å². The number of anilines is 1. The van der Waals surface area contributed by atoms with Gasteiger partial charge in [0.05, 0.1) is 5.69 Å². The van der Waals surface area contributed by atoms with Crippen molar-refractivity contribution in [3.8, 4) is 5.75 Å². The molecule has 0 aliphatic carbocycles. The first-order valence-corrected chi connectivity index (χ1v) is 7.41. The Labute approximate surface area is 132 Å². The van der Waals surface area contributed by atoms with Crippen molar-refractivity contribution in [3.05, 3.63) is 57.5 Å². The van der Waals surface area contributed by atoms with Gasteiger partial charge in [0.2, 0.25) is 0 Å². The van der Waals surface area contributed by atoms with Gasteiger partial charge >= 0.3 is 0 Å². The van der Waals surface area contributed by atoms with Gasteiger partial charge < -0.3 is 14.6 Å². The van der Waals surface area contributed by atoms with Crippen molar-refractivity contribution in [1.29, 1.82) is 0 Å². The van der Waals surface area contributed by atoms with Crippen LogP contribution in [0.4, 0.5) is 5.69 Å². The fraction of sp³-hybridized carbons (Fsp3) is 0.250. The van der Waals surface area contributed by atoms with Crippen LogP contribution in [0.1, 0.15) is 12.5 Å². The van der Waals surface area contributed by atoms with Crippen LogP contribution in [-0.4, -0.2) is 16.6 Å². The number of nitrogens with one attached hydrogen (secondary N) is 1. The molecule has 6 heteroatoms. The Morgan fingerprint density at radius 1 is 1.41 bits per heavy atom. The summed E-state index contributed by atoms with van der Waals surface area (Å²) in [5, 5.41) is 3.40. The van der Waals surface area contributed by atoms with E-state index in [9.17, 15) is 9.59 Å². The second-order valence-electron chi connectivity index (χ2n) is 5.09. The van der Waals surface area contributed by atoms with Crippen LogP contribution in [0.2, 0.25) is 5.02 Å². The maximum Gasteiger partial charge on any atom is 0.265 e. The average molecular weight is 319 g/mol. The number of rotatable bonds is 3. The number of fused-ring (bicyclic) bond motifs is 1. The Morgan fingerprint density at radius 2 is 2.23 bits per heavy atom. The van der Waals surface area contributed by atoms with Gasteiger partial charge in [0, 0.05) is 30.3 Å². The lowest BCUT2D eigenvalue weighted by atomic mass is 10.1. The van der Waals surface area contributed by atoms with Gasteiger partial charge in [-0.25, -0.2) is 0 Å². The lowest BCUT2D eigenvalue weighted by Crippen LogP contribution is -2.32. The van der Waals surface area contributed by atoms with Gasteiger partial charge in [-0.1, -0.05) is 11.6 Å². The summed E-state index contributed by atoms with van der Waals surface area (Å²) < 4.78 is 7.16. The molecule has 1 atom stereocenters. The average Bonchev–Trinajstić information content (AvgIpc) is 2.92. The molecule has 1 aromatic carbocycles. The summed E-state index contributed by atoms with van der Waals surface area (Å²) in [7, 11) is 0. The van der Waals surface area contributed by atoms with Crippen molar-refractivity contribution < 1.29 is 9.53 Å². The number of carbonyl (C=O) groups excluding carboxylic acids is 1. The van der Waals surface area contributed by atoms with Crippen LogP contribution in [0.15, 0.2) is 41.3 Å². The van der Waals surface area contributed by atoms with Gasteiger partial charge in [0.25, 0.3) is 11.5 Å². The molecule has 2 aromatic rings. The number of pyridine rings is 1. The quantitative estimate of drug-likeness (QED) is 0.945. The largest absolute Gasteiger partial charge is 0.480 e. The van der Waals surface area contributed by atoms with Crippen LogP contribution in [0, 0.1) is 0 Å². The maximum absolute atomic E-state index is 12.3. The fourth-order valence-electron chi connectivity index (χ4n) is 2.44. The van der Waals surface area contributed by atoms with Crippen LogP contribution in [-0.2, 0) is 17.8 Å². The third-order valence-electron chi connectivity index (χ3n) is 3.58. The zero-order valence-electron chi connectivity index (χ0n) is 12.0. The van der Waals surface area contributed by atoms with E-state index in [1.54, 1.807) is 30.5 Å². The number of nitrogens with zero attached hydrogens (tertiary/aromatic N) is 1. The first kappa shape index (κ1) is 14.7. The maximum atomic E-state index is 12.3. The molecule has 0 spiro atoms. The van der Waals surface area contributed by atoms with Crippen LogP contribution in [0.25, 0.3) is 0 Å². The molecule has 2 heterocycles. The molecule has 0 saturated heterocycles. The number of amides is 1. The minimum absolute atomic E-state index is 0.0975. The molecule has 5 nitrogen and oxygen atoms in total. The molecule has 1 unspecified atom stereocenters. The van der Waals surface area contributed by atoms with Crippen molar-refractivity contribution in [2.75, 3.05) is 5.32 Å². The second kappa shape index (κ2) is 5.85. The molecule has 0 fully saturated rings. The Morgan fingerprint density at radius 3 is 3.00 bits per heavy atom. The van der Waals surface area contributed by atoms with Gasteiger partial charge in [-0.05, 0) is 36.8 Å². The number of halogens is 1. The first-order chi connectivity index (χ1) is 10.6. The second-order valence-corrected chi connectivity index (χ2v) is 5.53. The van der Waals surface area contributed by atoms with E-state index >= 15 is 0 Å². The van der Waals surface area contributed by atoms with Crippen molar-refractivity contribution >= 4 is 23.2 Å². The van der Waals surface area contributed by atoms with Gasteiger partial charge in [-0.3, -0.25) is 9.59 Å². The van der Waals surface area contributed by atoms with Crippen LogP contribution in [0.5, 0.6) is 5.75 Å². The Hall–Kier alpha value is -2.27. The molecule has 114 valence electrons. The lowest BCUT2D eigenvalue weighted by Gasteiger charge is -2.12. The summed E-state index contributed by atoms with van der Waals surface area (Å²) in [6.07, 6.45) is 1.52. The van der Waals surface area contributed by atoms with E-state index in [2.05, 4.69) is 5.32 Å². The highest BCUT2D eigenvalue weighted by Gasteiger charge is 2.29. The van der Waals surface area contributed by atoms with E-state index < -0.39 is 6.10 Å². The van der Waals surface area contributed by atoms with E-state index in [1.807, 2.05) is 6.92 Å². The summed E-state index contributed by atoms with van der Waals surface area (Å²) in [5.74, 6) is 0.441. The van der Waals surface area contributed by atoms with E-state index in [-0.39, 0.29) is 11.5 Å². The summed E-state index contributed by atoms with van der Waals surface area (Å²) in [6.45, 7) is 2.42. The summed E-state index contributed by atoms with van der Waals surface area (Å²) >= 11 is 5.94. The van der Waals surface area contributed by atoms with E-state index in [0.717, 1.165) is 5.56 Å². The van der Waals surface area contributed by atoms with Crippen molar-refractivity contribution in [2.24, 2.45) is 0 Å². The third-order valence-corrected chi connectivity index (χ3v) is 3.82. The number of carbonyl (C=O) groups is 1. The SMILES string of the molecule is CCn1cc(NC(=O)C2Cc3cc(Cl)ccc3O2)ccc1=O. The Balaban J connectivity index is 1.73. The molecular formula is C16H15ClN2O3. The zero-order valence-corrected chi connectivity index (χ0v) is 12.8. The molecule has 1 amide bonds. The fourth-order valence-corrected chi connectivity index (χ4v) is 2.63. The van der Waals surface area contributed by atoms with Gasteiger partial charge in [-0.2, -0.15) is 0 Å². The van der Waals surface area contributed by atoms with Gasteiger partial charge in [-0.15, -0.1) is 0 Å². The third kappa shape index (κ3) is 2.85. The number of benzene rings is 1. The van der Waals surface area contributed by atoms with Crippen molar-refractivity contribution in [3.63, 3.8) is 0 Å². The predicted molar refractivity (Wildman–Crippen MR) is 84.6 cm³/mol. The standard InChI is InChI=1S/C16H15ClN2O3/c1-2-19-9-12(4-6-15(19)20)18-16(21)14-8-10-7-11(17)3-5-13(10)22-14/h3-7,9,14H,2,8H2,1H3,(H,18,21). The minimum atomic E-state index is -0.588. The molecule has 0 bridgehead atoms. The molecule has 1 aliphatic heterocycles. The van der Waals surface area contributed by atoms with Crippen LogP contribution < -0.4 is 15.6 Å². The number of ether oxygens (including phenoxy) is 1. The number of hydrogen-bond donors (Lipinski definition) is 1. The molecule has 1 aliphatic rings. The van der Waals surface area contributed by atoms with E-state index in [1.165, 1.54) is 10.6 Å². The molecule has 22 heavy (non-hydrogen) atoms. The molecule has 0 radical (unpaired) electrons. The van der Waals surface area contributed by atoms with Gasteiger partial charge in [0.1, 0.15) is 5.75 Å². The molecular weight excluding hydrogens is 304 g/mol. The minimum Gasteiger partial charge on any atom is -0.480 e. The lowest BCUT2D eigenvalue weighted by molar-refractivity contribution is -0.122. The van der Waals surface area contributed by atoms with Gasteiger partial charge in [0.15, 0.2) is 6.10 Å². The number of hydrogen-bond acceptors (Lipinski definition) is 3. The smallest absolute Gasteiger partial charge is 0.265 e. The highest BCUT2D eigenvalue weighted by atomic mass is 35.5. The predicted octanol–water partition coefficient (Wildman–Crippen LogP) is 2.46. The molecule has 1 N–H and O–H groups in total. The number of aryl methyl sites for hydroxylation is 1. The first-order valence-electron chi connectivity index (χ1n) is 7.03. The zero-order chi connectivity index (χ0) is 15.7. The normalized spacial score (nSPS) is 16.0. The molecule has 1 aromatic heterocycles. The van der Waals surface area contributed by atoms with Crippen molar-refractivity contribution in [1.82, 2.24) is 4.57 Å². The summed E-state index contributed by atoms with van der Waals surface area (Å²) in [4.78, 5) is 23.8. The van der Waals surface area contributed by atoms with Crippen molar-refractivity contribution in [2.45, 2.75) is 26.0 Å². The van der Waals surface area contributed by atoms with E-state index in [0.29, 0.717) is 29.4 Å². The highest BCUT2D eigenvalue weighted by molar-refractivity contribution is 6.30. The summed E-state index contributed by atoms with van der Waals surface area (Å²) in [5.41, 5.74) is 1.40. The van der Waals surface area contributed by atoms with Crippen LogP contribution >= 0.6 is 11.6 Å². The topological polar surface area (TPSA) is 60.3 Å². The monoisotopic (exact) mass is 318 g/mol. The highest BCUT2D eigenvalue weighted by Crippen LogP contribution is 2.31. The number of aromatic nitrogens is 1.